The third-order valence-corrected chi connectivity index (χ3v) is 5.17. The number of thioether (sulfide) groups is 1. The number of likely N-dealkylation sites (N-methyl/N-ethyl adjacent to an activating group) is 1. The third kappa shape index (κ3) is 7.67. The number of nitrogens with one attached hydrogen (secondary N) is 2. The summed E-state index contributed by atoms with van der Waals surface area (Å²) in [6, 6.07) is 5.86. The molecule has 0 fully saturated rings. The lowest BCUT2D eigenvalue weighted by atomic mass is 10.2. The Morgan fingerprint density at radius 1 is 1.29 bits per heavy atom. The van der Waals surface area contributed by atoms with Crippen molar-refractivity contribution in [1.29, 1.82) is 0 Å². The summed E-state index contributed by atoms with van der Waals surface area (Å²) in [4.78, 5) is 2.17. The van der Waals surface area contributed by atoms with Crippen LogP contribution in [0.15, 0.2) is 29.4 Å². The maximum atomic E-state index is 10.2. The van der Waals surface area contributed by atoms with Crippen LogP contribution >= 0.6 is 11.8 Å². The van der Waals surface area contributed by atoms with Crippen molar-refractivity contribution in [2.24, 2.45) is 0 Å². The highest BCUT2D eigenvalue weighted by Gasteiger charge is 2.12. The maximum Gasteiger partial charge on any atom is 0.161 e. The third-order valence-electron chi connectivity index (χ3n) is 4.27. The molecule has 0 spiro atoms. The summed E-state index contributed by atoms with van der Waals surface area (Å²) in [5.41, 5.74) is 1.11. The summed E-state index contributed by atoms with van der Waals surface area (Å²) in [6.07, 6.45) is 1.18. The van der Waals surface area contributed by atoms with Crippen LogP contribution in [0.3, 0.4) is 0 Å². The van der Waals surface area contributed by atoms with Gasteiger partial charge in [-0.2, -0.15) is 10.3 Å². The molecule has 1 heterocycles. The van der Waals surface area contributed by atoms with E-state index in [0.717, 1.165) is 42.5 Å². The minimum atomic E-state index is -0.534. The average Bonchev–Trinajstić information content (AvgIpc) is 3.24. The lowest BCUT2D eigenvalue weighted by Crippen LogP contribution is -2.35. The number of aliphatic hydroxyl groups excluding tert-OH is 1. The molecule has 2 rings (SSSR count). The van der Waals surface area contributed by atoms with Gasteiger partial charge in [-0.15, -0.1) is 16.9 Å². The normalized spacial score (nSPS) is 12.3. The molecular weight excluding hydrogens is 378 g/mol. The fourth-order valence-electron chi connectivity index (χ4n) is 2.68. The quantitative estimate of drug-likeness (QED) is 0.321. The molecule has 1 atom stereocenters. The number of nitrogens with zero attached hydrogens (tertiary/aromatic N) is 3. The molecule has 28 heavy (non-hydrogen) atoms. The van der Waals surface area contributed by atoms with E-state index in [-0.39, 0.29) is 6.61 Å². The Hall–Kier alpha value is -1.81. The maximum absolute atomic E-state index is 10.2. The minimum Gasteiger partial charge on any atom is -0.493 e. The first-order valence-electron chi connectivity index (χ1n) is 9.55. The fraction of sp³-hybridized carbons (Fsp3) is 0.579. The molecule has 2 aromatic rings. The molecule has 3 N–H and O–H groups in total. The Kier molecular flexibility index (Phi) is 10.1. The van der Waals surface area contributed by atoms with E-state index in [4.69, 9.17) is 9.47 Å². The Morgan fingerprint density at radius 3 is 2.79 bits per heavy atom. The van der Waals surface area contributed by atoms with Gasteiger partial charge in [0.2, 0.25) is 0 Å². The Labute approximate surface area is 171 Å². The smallest absolute Gasteiger partial charge is 0.161 e. The van der Waals surface area contributed by atoms with Crippen molar-refractivity contribution in [1.82, 2.24) is 25.6 Å². The van der Waals surface area contributed by atoms with Gasteiger partial charge >= 0.3 is 0 Å². The number of H-pyrrole nitrogens is 1. The van der Waals surface area contributed by atoms with Gasteiger partial charge in [0.05, 0.1) is 13.3 Å². The van der Waals surface area contributed by atoms with E-state index in [1.54, 1.807) is 25.1 Å². The second kappa shape index (κ2) is 12.6. The van der Waals surface area contributed by atoms with Crippen molar-refractivity contribution < 1.29 is 14.6 Å². The molecule has 1 aromatic carbocycles. The van der Waals surface area contributed by atoms with Crippen LogP contribution in [-0.4, -0.2) is 77.2 Å². The Bertz CT molecular complexity index is 668. The van der Waals surface area contributed by atoms with Crippen molar-refractivity contribution in [2.45, 2.75) is 31.5 Å². The monoisotopic (exact) mass is 409 g/mol. The molecule has 0 radical (unpaired) electrons. The Morgan fingerprint density at radius 2 is 2.11 bits per heavy atom. The second-order valence-electron chi connectivity index (χ2n) is 6.27. The van der Waals surface area contributed by atoms with E-state index in [2.05, 4.69) is 39.5 Å². The summed E-state index contributed by atoms with van der Waals surface area (Å²) < 4.78 is 11.2. The number of benzene rings is 1. The highest BCUT2D eigenvalue weighted by atomic mass is 32.2. The van der Waals surface area contributed by atoms with Gasteiger partial charge in [-0.25, -0.2) is 0 Å². The van der Waals surface area contributed by atoms with Crippen LogP contribution in [0.1, 0.15) is 19.4 Å². The molecule has 0 amide bonds. The predicted octanol–water partition coefficient (Wildman–Crippen LogP) is 1.78. The number of hydrogen-bond acceptors (Lipinski definition) is 8. The fourth-order valence-corrected chi connectivity index (χ4v) is 3.37. The van der Waals surface area contributed by atoms with E-state index in [0.29, 0.717) is 18.0 Å². The summed E-state index contributed by atoms with van der Waals surface area (Å²) in [5.74, 6) is 2.23. The molecule has 8 nitrogen and oxygen atoms in total. The van der Waals surface area contributed by atoms with Gasteiger partial charge < -0.3 is 24.8 Å². The zero-order chi connectivity index (χ0) is 20.2. The SMILES string of the molecule is CCN(CC)CC(O)COc1ccc(CNCCSc2cn[nH]n2)cc1OC. The number of aromatic amines is 1. The topological polar surface area (TPSA) is 95.5 Å². The zero-order valence-electron chi connectivity index (χ0n) is 16.9. The summed E-state index contributed by atoms with van der Waals surface area (Å²) in [6.45, 7) is 8.43. The van der Waals surface area contributed by atoms with E-state index in [1.807, 2.05) is 18.2 Å². The number of aromatic nitrogens is 3. The molecule has 1 unspecified atom stereocenters. The van der Waals surface area contributed by atoms with Crippen LogP contribution in [0.2, 0.25) is 0 Å². The Balaban J connectivity index is 1.75. The van der Waals surface area contributed by atoms with Gasteiger partial charge in [0, 0.05) is 25.4 Å². The molecule has 0 saturated heterocycles. The predicted molar refractivity (Wildman–Crippen MR) is 111 cm³/mol. The van der Waals surface area contributed by atoms with Gasteiger partial charge in [-0.1, -0.05) is 19.9 Å². The molecule has 0 aliphatic rings. The molecule has 0 aliphatic carbocycles. The number of rotatable bonds is 14. The van der Waals surface area contributed by atoms with Gasteiger partial charge in [0.25, 0.3) is 0 Å². The van der Waals surface area contributed by atoms with Crippen LogP contribution in [0, 0.1) is 0 Å². The first-order chi connectivity index (χ1) is 13.7. The average molecular weight is 410 g/mol. The molecule has 0 saturated carbocycles. The van der Waals surface area contributed by atoms with Gasteiger partial charge in [-0.05, 0) is 30.8 Å². The lowest BCUT2D eigenvalue weighted by molar-refractivity contribution is 0.0705. The van der Waals surface area contributed by atoms with E-state index in [9.17, 15) is 5.11 Å². The van der Waals surface area contributed by atoms with E-state index >= 15 is 0 Å². The second-order valence-corrected chi connectivity index (χ2v) is 7.38. The largest absolute Gasteiger partial charge is 0.493 e. The van der Waals surface area contributed by atoms with Gasteiger partial charge in [-0.3, -0.25) is 0 Å². The van der Waals surface area contributed by atoms with Crippen molar-refractivity contribution in [3.8, 4) is 11.5 Å². The van der Waals surface area contributed by atoms with Crippen LogP contribution in [-0.2, 0) is 6.54 Å². The van der Waals surface area contributed by atoms with E-state index in [1.165, 1.54) is 0 Å². The number of ether oxygens (including phenoxy) is 2. The molecule has 0 bridgehead atoms. The first kappa shape index (κ1) is 22.5. The van der Waals surface area contributed by atoms with E-state index < -0.39 is 6.10 Å². The molecule has 0 aliphatic heterocycles. The van der Waals surface area contributed by atoms with Crippen LogP contribution in [0.25, 0.3) is 0 Å². The molecule has 1 aromatic heterocycles. The van der Waals surface area contributed by atoms with Crippen molar-refractivity contribution in [3.63, 3.8) is 0 Å². The molecule has 156 valence electrons. The van der Waals surface area contributed by atoms with Crippen LogP contribution < -0.4 is 14.8 Å². The van der Waals surface area contributed by atoms with Gasteiger partial charge in [0.1, 0.15) is 17.7 Å². The van der Waals surface area contributed by atoms with Crippen molar-refractivity contribution in [2.75, 3.05) is 45.6 Å². The summed E-state index contributed by atoms with van der Waals surface area (Å²) >= 11 is 1.65. The minimum absolute atomic E-state index is 0.240. The highest BCUT2D eigenvalue weighted by molar-refractivity contribution is 7.99. The molecule has 9 heteroatoms. The number of hydrogen-bond donors (Lipinski definition) is 3. The summed E-state index contributed by atoms with van der Waals surface area (Å²) in [5, 5.41) is 24.9. The van der Waals surface area contributed by atoms with Crippen LogP contribution in [0.4, 0.5) is 0 Å². The van der Waals surface area contributed by atoms with Crippen molar-refractivity contribution >= 4 is 11.8 Å². The van der Waals surface area contributed by atoms with Crippen LogP contribution in [0.5, 0.6) is 11.5 Å². The lowest BCUT2D eigenvalue weighted by Gasteiger charge is -2.22. The standard InChI is InChI=1S/C19H31N5O3S/c1-4-24(5-2)13-16(25)14-27-17-7-6-15(10-18(17)26-3)11-20-8-9-28-19-12-21-23-22-19/h6-7,10,12,16,20,25H,4-5,8-9,11,13-14H2,1-3H3,(H,21,22,23). The highest BCUT2D eigenvalue weighted by Crippen LogP contribution is 2.28. The van der Waals surface area contributed by atoms with Gasteiger partial charge in [0.15, 0.2) is 11.5 Å². The zero-order valence-corrected chi connectivity index (χ0v) is 17.7. The van der Waals surface area contributed by atoms with Crippen molar-refractivity contribution in [3.05, 3.63) is 30.0 Å². The molecular formula is C19H31N5O3S. The summed E-state index contributed by atoms with van der Waals surface area (Å²) in [7, 11) is 1.63. The first-order valence-corrected chi connectivity index (χ1v) is 10.5. The number of methoxy groups -OCH3 is 1. The number of aliphatic hydroxyl groups is 1.